The van der Waals surface area contributed by atoms with E-state index < -0.39 is 28.1 Å². The lowest BCUT2D eigenvalue weighted by Gasteiger charge is -2.13. The standard InChI is InChI=1S/C15H11F3N2O5S2/c1-7-2-3-26-14(7)27(23,24)20-10-6-9(25-15(16,17)18)4-8-5-11(13(21)22)19-12(8)10/h2-6,19-20H,1H3,(H,21,22). The molecule has 1 aromatic carbocycles. The Bertz CT molecular complexity index is 1130. The second-order valence-corrected chi connectivity index (χ2v) is 8.26. The molecule has 0 aliphatic heterocycles. The second-order valence-electron chi connectivity index (χ2n) is 5.47. The molecule has 3 aromatic rings. The summed E-state index contributed by atoms with van der Waals surface area (Å²) in [7, 11) is -4.10. The molecule has 7 nitrogen and oxygen atoms in total. The first-order valence-electron chi connectivity index (χ1n) is 7.19. The van der Waals surface area contributed by atoms with E-state index in [0.717, 1.165) is 29.5 Å². The third kappa shape index (κ3) is 4.01. The van der Waals surface area contributed by atoms with Crippen molar-refractivity contribution in [3.05, 3.63) is 40.9 Å². The van der Waals surface area contributed by atoms with Gasteiger partial charge in [-0.05, 0) is 36.1 Å². The Morgan fingerprint density at radius 2 is 2.00 bits per heavy atom. The first kappa shape index (κ1) is 19.0. The van der Waals surface area contributed by atoms with Gasteiger partial charge in [0.1, 0.15) is 15.7 Å². The summed E-state index contributed by atoms with van der Waals surface area (Å²) >= 11 is 0.939. The van der Waals surface area contributed by atoms with Gasteiger partial charge in [0.2, 0.25) is 0 Å². The Morgan fingerprint density at radius 1 is 1.30 bits per heavy atom. The van der Waals surface area contributed by atoms with E-state index >= 15 is 0 Å². The molecule has 0 bridgehead atoms. The summed E-state index contributed by atoms with van der Waals surface area (Å²) in [4.78, 5) is 13.6. The quantitative estimate of drug-likeness (QED) is 0.580. The number of halogens is 3. The highest BCUT2D eigenvalue weighted by Crippen LogP contribution is 2.34. The van der Waals surface area contributed by atoms with Gasteiger partial charge in [0, 0.05) is 11.5 Å². The summed E-state index contributed by atoms with van der Waals surface area (Å²) in [6, 6.07) is 4.45. The Kier molecular flexibility index (Phi) is 4.56. The summed E-state index contributed by atoms with van der Waals surface area (Å²) in [5.41, 5.74) is -0.113. The van der Waals surface area contributed by atoms with Crippen molar-refractivity contribution in [3.63, 3.8) is 0 Å². The number of aromatic carboxylic acids is 1. The molecular weight excluding hydrogens is 409 g/mol. The number of nitrogens with one attached hydrogen (secondary N) is 2. The van der Waals surface area contributed by atoms with Crippen LogP contribution in [0.4, 0.5) is 18.9 Å². The lowest BCUT2D eigenvalue weighted by atomic mass is 10.2. The molecule has 0 radical (unpaired) electrons. The Morgan fingerprint density at radius 3 is 2.56 bits per heavy atom. The monoisotopic (exact) mass is 420 g/mol. The molecule has 12 heteroatoms. The van der Waals surface area contributed by atoms with Crippen LogP contribution in [0.5, 0.6) is 5.75 Å². The summed E-state index contributed by atoms with van der Waals surface area (Å²) in [6.07, 6.45) is -5.00. The van der Waals surface area contributed by atoms with Crippen molar-refractivity contribution >= 4 is 43.9 Å². The molecular formula is C15H11F3N2O5S2. The number of benzene rings is 1. The van der Waals surface area contributed by atoms with Gasteiger partial charge in [-0.3, -0.25) is 4.72 Å². The van der Waals surface area contributed by atoms with Crippen LogP contribution in [0.15, 0.2) is 33.9 Å². The van der Waals surface area contributed by atoms with Gasteiger partial charge in [0.15, 0.2) is 0 Å². The number of carboxylic acid groups (broad SMARTS) is 1. The minimum absolute atomic E-state index is 0.0113. The third-order valence-electron chi connectivity index (χ3n) is 3.47. The number of carbonyl (C=O) groups is 1. The summed E-state index contributed by atoms with van der Waals surface area (Å²) in [5.74, 6) is -2.04. The van der Waals surface area contributed by atoms with E-state index in [2.05, 4.69) is 14.4 Å². The molecule has 0 fully saturated rings. The SMILES string of the molecule is Cc1ccsc1S(=O)(=O)Nc1cc(OC(F)(F)F)cc2cc(C(=O)O)[nH]c12. The van der Waals surface area contributed by atoms with Crippen LogP contribution < -0.4 is 9.46 Å². The first-order valence-corrected chi connectivity index (χ1v) is 9.55. The van der Waals surface area contributed by atoms with Gasteiger partial charge in [0.05, 0.1) is 11.2 Å². The maximum absolute atomic E-state index is 12.6. The molecule has 27 heavy (non-hydrogen) atoms. The molecule has 0 saturated carbocycles. The zero-order chi connectivity index (χ0) is 20.0. The van der Waals surface area contributed by atoms with Crippen LogP contribution >= 0.6 is 11.3 Å². The molecule has 0 amide bonds. The molecule has 0 saturated heterocycles. The van der Waals surface area contributed by atoms with Crippen LogP contribution in [0.25, 0.3) is 10.9 Å². The van der Waals surface area contributed by atoms with Crippen molar-refractivity contribution in [2.45, 2.75) is 17.5 Å². The minimum Gasteiger partial charge on any atom is -0.477 e. The van der Waals surface area contributed by atoms with Crippen molar-refractivity contribution in [1.82, 2.24) is 4.98 Å². The first-order chi connectivity index (χ1) is 12.5. The largest absolute Gasteiger partial charge is 0.573 e. The molecule has 0 aliphatic carbocycles. The summed E-state index contributed by atoms with van der Waals surface area (Å²) in [5, 5.41) is 10.7. The summed E-state index contributed by atoms with van der Waals surface area (Å²) < 4.78 is 68.9. The van der Waals surface area contributed by atoms with E-state index in [9.17, 15) is 26.4 Å². The van der Waals surface area contributed by atoms with Crippen LogP contribution in [0, 0.1) is 6.92 Å². The van der Waals surface area contributed by atoms with Crippen molar-refractivity contribution in [2.75, 3.05) is 4.72 Å². The summed E-state index contributed by atoms with van der Waals surface area (Å²) in [6.45, 7) is 1.57. The molecule has 3 rings (SSSR count). The highest BCUT2D eigenvalue weighted by molar-refractivity contribution is 7.94. The molecule has 0 spiro atoms. The topological polar surface area (TPSA) is 108 Å². The van der Waals surface area contributed by atoms with Gasteiger partial charge in [0.25, 0.3) is 10.0 Å². The number of alkyl halides is 3. The zero-order valence-corrected chi connectivity index (χ0v) is 15.1. The number of aromatic nitrogens is 1. The van der Waals surface area contributed by atoms with E-state index in [1.165, 1.54) is 0 Å². The molecule has 144 valence electrons. The van der Waals surface area contributed by atoms with E-state index in [-0.39, 0.29) is 26.5 Å². The van der Waals surface area contributed by atoms with Crippen molar-refractivity contribution in [1.29, 1.82) is 0 Å². The predicted molar refractivity (Wildman–Crippen MR) is 91.8 cm³/mol. The van der Waals surface area contributed by atoms with Crippen LogP contribution in [0.2, 0.25) is 0 Å². The molecule has 2 aromatic heterocycles. The number of aryl methyl sites for hydroxylation is 1. The van der Waals surface area contributed by atoms with Crippen LogP contribution in [0.1, 0.15) is 16.1 Å². The van der Waals surface area contributed by atoms with Crippen LogP contribution in [-0.2, 0) is 10.0 Å². The number of ether oxygens (including phenoxy) is 1. The number of H-pyrrole nitrogens is 1. The maximum atomic E-state index is 12.6. The fourth-order valence-electron chi connectivity index (χ4n) is 2.43. The normalized spacial score (nSPS) is 12.3. The zero-order valence-electron chi connectivity index (χ0n) is 13.4. The number of fused-ring (bicyclic) bond motifs is 1. The molecule has 3 N–H and O–H groups in total. The minimum atomic E-state index is -5.00. The van der Waals surface area contributed by atoms with Crippen LogP contribution in [0.3, 0.4) is 0 Å². The molecule has 0 atom stereocenters. The van der Waals surface area contributed by atoms with Gasteiger partial charge >= 0.3 is 12.3 Å². The number of hydrogen-bond donors (Lipinski definition) is 3. The van der Waals surface area contributed by atoms with E-state index in [0.29, 0.717) is 5.56 Å². The number of sulfonamides is 1. The average molecular weight is 420 g/mol. The van der Waals surface area contributed by atoms with Gasteiger partial charge < -0.3 is 14.8 Å². The van der Waals surface area contributed by atoms with E-state index in [1.54, 1.807) is 18.4 Å². The predicted octanol–water partition coefficient (Wildman–Crippen LogP) is 3.94. The Labute approximate surface area is 154 Å². The number of rotatable bonds is 5. The number of carboxylic acids is 1. The smallest absolute Gasteiger partial charge is 0.477 e. The Hall–Kier alpha value is -2.73. The maximum Gasteiger partial charge on any atom is 0.573 e. The van der Waals surface area contributed by atoms with E-state index in [1.807, 2.05) is 0 Å². The van der Waals surface area contributed by atoms with Crippen LogP contribution in [-0.4, -0.2) is 30.8 Å². The van der Waals surface area contributed by atoms with Gasteiger partial charge in [-0.25, -0.2) is 13.2 Å². The average Bonchev–Trinajstić information content (AvgIpc) is 3.11. The highest BCUT2D eigenvalue weighted by atomic mass is 32.2. The Balaban J connectivity index is 2.14. The lowest BCUT2D eigenvalue weighted by Crippen LogP contribution is -2.17. The number of thiophene rings is 1. The van der Waals surface area contributed by atoms with Gasteiger partial charge in [-0.15, -0.1) is 24.5 Å². The van der Waals surface area contributed by atoms with Crippen molar-refractivity contribution in [2.24, 2.45) is 0 Å². The second kappa shape index (κ2) is 6.46. The molecule has 2 heterocycles. The fourth-order valence-corrected chi connectivity index (χ4v) is 4.91. The molecule has 0 aliphatic rings. The third-order valence-corrected chi connectivity index (χ3v) is 6.52. The lowest BCUT2D eigenvalue weighted by molar-refractivity contribution is -0.274. The van der Waals surface area contributed by atoms with Gasteiger partial charge in [-0.2, -0.15) is 0 Å². The number of anilines is 1. The van der Waals surface area contributed by atoms with Crippen molar-refractivity contribution < 1.29 is 36.2 Å². The van der Waals surface area contributed by atoms with Crippen molar-refractivity contribution in [3.8, 4) is 5.75 Å². The molecule has 0 unspecified atom stereocenters. The fraction of sp³-hybridized carbons (Fsp3) is 0.133. The number of aromatic amines is 1. The number of hydrogen-bond acceptors (Lipinski definition) is 5. The highest BCUT2D eigenvalue weighted by Gasteiger charge is 2.32. The van der Waals surface area contributed by atoms with E-state index in [4.69, 9.17) is 5.11 Å². The van der Waals surface area contributed by atoms with Gasteiger partial charge in [-0.1, -0.05) is 0 Å².